The van der Waals surface area contributed by atoms with Crippen LogP contribution in [0.1, 0.15) is 36.8 Å². The van der Waals surface area contributed by atoms with Crippen molar-refractivity contribution in [2.24, 2.45) is 22.9 Å². The van der Waals surface area contributed by atoms with E-state index in [2.05, 4.69) is 34.1 Å². The molecule has 0 bridgehead atoms. The minimum atomic E-state index is 0. The van der Waals surface area contributed by atoms with Gasteiger partial charge in [-0.05, 0) is 89.2 Å². The summed E-state index contributed by atoms with van der Waals surface area (Å²) < 4.78 is 0. The van der Waals surface area contributed by atoms with Crippen LogP contribution in [-0.2, 0) is 13.1 Å². The molecule has 0 spiro atoms. The summed E-state index contributed by atoms with van der Waals surface area (Å²) >= 11 is 0. The van der Waals surface area contributed by atoms with Crippen LogP contribution in [0, 0.1) is 0 Å². The average molecular weight is 637 g/mol. The first-order valence-corrected chi connectivity index (χ1v) is 10.1. The van der Waals surface area contributed by atoms with E-state index in [-0.39, 0.29) is 90.9 Å². The zero-order valence-corrected chi connectivity index (χ0v) is 25.3. The fraction of sp³-hybridized carbons (Fsp3) is 0.700. The van der Waals surface area contributed by atoms with E-state index in [1.54, 1.807) is 0 Å². The smallest absolute Gasteiger partial charge is 0.0233 e. The molecule has 0 heterocycles. The third kappa shape index (κ3) is 30.7. The van der Waals surface area contributed by atoms with E-state index < -0.39 is 0 Å². The Labute approximate surface area is 249 Å². The van der Waals surface area contributed by atoms with E-state index in [0.29, 0.717) is 0 Å². The van der Waals surface area contributed by atoms with Crippen molar-refractivity contribution in [1.82, 2.24) is 9.80 Å². The molecule has 0 saturated heterocycles. The van der Waals surface area contributed by atoms with Gasteiger partial charge in [-0.25, -0.2) is 0 Å². The van der Waals surface area contributed by atoms with Crippen molar-refractivity contribution in [3.05, 3.63) is 35.4 Å². The molecule has 14 N–H and O–H groups in total. The molecular formula is C20H52Cl6N6O3. The zero-order valence-electron chi connectivity index (χ0n) is 20.4. The highest BCUT2D eigenvalue weighted by Crippen LogP contribution is 2.11. The van der Waals surface area contributed by atoms with E-state index in [4.69, 9.17) is 22.9 Å². The molecule has 1 rings (SSSR count). The van der Waals surface area contributed by atoms with Gasteiger partial charge >= 0.3 is 0 Å². The Morgan fingerprint density at radius 1 is 0.429 bits per heavy atom. The number of hydrogen-bond donors (Lipinski definition) is 4. The fourth-order valence-corrected chi connectivity index (χ4v) is 3.07. The minimum Gasteiger partial charge on any atom is -0.412 e. The van der Waals surface area contributed by atoms with Gasteiger partial charge in [-0.2, -0.15) is 0 Å². The van der Waals surface area contributed by atoms with Gasteiger partial charge in [0.2, 0.25) is 0 Å². The Morgan fingerprint density at radius 3 is 0.800 bits per heavy atom. The fourth-order valence-electron chi connectivity index (χ4n) is 3.07. The van der Waals surface area contributed by atoms with Crippen LogP contribution in [0.3, 0.4) is 0 Å². The van der Waals surface area contributed by atoms with Gasteiger partial charge in [-0.1, -0.05) is 24.3 Å². The first-order valence-electron chi connectivity index (χ1n) is 10.1. The monoisotopic (exact) mass is 634 g/mol. The molecule has 0 aromatic heterocycles. The van der Waals surface area contributed by atoms with Gasteiger partial charge < -0.3 is 39.4 Å². The Kier molecular flexibility index (Phi) is 71.8. The molecule has 35 heavy (non-hydrogen) atoms. The van der Waals surface area contributed by atoms with E-state index in [1.807, 2.05) is 0 Å². The summed E-state index contributed by atoms with van der Waals surface area (Å²) in [7, 11) is 0. The molecule has 0 aliphatic rings. The molecule has 9 nitrogen and oxygen atoms in total. The first-order chi connectivity index (χ1) is 12.7. The quantitative estimate of drug-likeness (QED) is 0.206. The lowest BCUT2D eigenvalue weighted by atomic mass is 10.1. The summed E-state index contributed by atoms with van der Waals surface area (Å²) in [5.74, 6) is 0. The van der Waals surface area contributed by atoms with Crippen LogP contribution in [0.4, 0.5) is 0 Å². The maximum absolute atomic E-state index is 5.66. The van der Waals surface area contributed by atoms with Gasteiger partial charge in [-0.15, -0.1) is 74.4 Å². The standard InChI is InChI=1S/C20H40N6.6ClH.3H2O/c21-9-1-13-25(14-2-10-22)17-19-5-7-20(8-6-19)18-26(15-3-11-23)16-4-12-24;;;;;;;;;/h5-8H,1-4,9-18,21-24H2;6*1H;3*1H2. The van der Waals surface area contributed by atoms with Crippen LogP contribution < -0.4 is 22.9 Å². The highest BCUT2D eigenvalue weighted by molar-refractivity contribution is 5.86. The van der Waals surface area contributed by atoms with Crippen molar-refractivity contribution in [2.45, 2.75) is 38.8 Å². The molecular weight excluding hydrogens is 585 g/mol. The van der Waals surface area contributed by atoms with Crippen LogP contribution >= 0.6 is 74.4 Å². The van der Waals surface area contributed by atoms with Crippen molar-refractivity contribution >= 4 is 74.4 Å². The molecule has 0 unspecified atom stereocenters. The number of rotatable bonds is 16. The number of halogens is 6. The van der Waals surface area contributed by atoms with E-state index in [1.165, 1.54) is 11.1 Å². The van der Waals surface area contributed by atoms with Crippen LogP contribution in [0.5, 0.6) is 0 Å². The summed E-state index contributed by atoms with van der Waals surface area (Å²) in [6.45, 7) is 9.00. The number of benzene rings is 1. The third-order valence-corrected chi connectivity index (χ3v) is 4.55. The van der Waals surface area contributed by atoms with E-state index in [0.717, 1.165) is 91.1 Å². The normalized spacial score (nSPS) is 8.63. The Balaban J connectivity index is -0.000000107. The molecule has 0 saturated carbocycles. The predicted molar refractivity (Wildman–Crippen MR) is 166 cm³/mol. The number of hydrogen-bond acceptors (Lipinski definition) is 6. The van der Waals surface area contributed by atoms with Gasteiger partial charge in [0.15, 0.2) is 0 Å². The highest BCUT2D eigenvalue weighted by atomic mass is 35.5. The summed E-state index contributed by atoms with van der Waals surface area (Å²) in [4.78, 5) is 4.90. The van der Waals surface area contributed by atoms with Gasteiger partial charge in [0.25, 0.3) is 0 Å². The van der Waals surface area contributed by atoms with Crippen LogP contribution in [0.25, 0.3) is 0 Å². The van der Waals surface area contributed by atoms with Crippen LogP contribution in [-0.4, -0.2) is 78.6 Å². The molecule has 0 fully saturated rings. The van der Waals surface area contributed by atoms with E-state index >= 15 is 0 Å². The lowest BCUT2D eigenvalue weighted by Gasteiger charge is -2.23. The lowest BCUT2D eigenvalue weighted by Crippen LogP contribution is -2.29. The van der Waals surface area contributed by atoms with Crippen LogP contribution in [0.15, 0.2) is 24.3 Å². The first kappa shape index (κ1) is 60.2. The Bertz CT molecular complexity index is 416. The Morgan fingerprint density at radius 2 is 0.629 bits per heavy atom. The van der Waals surface area contributed by atoms with Crippen molar-refractivity contribution < 1.29 is 16.4 Å². The second-order valence-corrected chi connectivity index (χ2v) is 6.94. The molecule has 0 atom stereocenters. The van der Waals surface area contributed by atoms with Gasteiger partial charge in [0.05, 0.1) is 0 Å². The summed E-state index contributed by atoms with van der Waals surface area (Å²) in [5, 5.41) is 0. The van der Waals surface area contributed by atoms with Crippen molar-refractivity contribution in [1.29, 1.82) is 0 Å². The summed E-state index contributed by atoms with van der Waals surface area (Å²) in [5.41, 5.74) is 25.3. The molecule has 0 radical (unpaired) electrons. The molecule has 1 aromatic carbocycles. The lowest BCUT2D eigenvalue weighted by molar-refractivity contribution is 0.260. The molecule has 222 valence electrons. The van der Waals surface area contributed by atoms with E-state index in [9.17, 15) is 0 Å². The molecule has 15 heteroatoms. The molecule has 0 amide bonds. The SMILES string of the molecule is Cl.Cl.Cl.Cl.Cl.Cl.NCCCN(CCCN)Cc1ccc(CN(CCCN)CCCN)cc1.O.O.O. The maximum Gasteiger partial charge on any atom is 0.0233 e. The van der Waals surface area contributed by atoms with Crippen molar-refractivity contribution in [3.8, 4) is 0 Å². The van der Waals surface area contributed by atoms with Gasteiger partial charge in [0.1, 0.15) is 0 Å². The average Bonchev–Trinajstić information content (AvgIpc) is 2.67. The highest BCUT2D eigenvalue weighted by Gasteiger charge is 2.08. The number of nitrogens with two attached hydrogens (primary N) is 4. The second-order valence-electron chi connectivity index (χ2n) is 6.94. The zero-order chi connectivity index (χ0) is 19.0. The molecule has 0 aliphatic carbocycles. The second kappa shape index (κ2) is 41.7. The van der Waals surface area contributed by atoms with Crippen molar-refractivity contribution in [2.75, 3.05) is 52.4 Å². The summed E-state index contributed by atoms with van der Waals surface area (Å²) in [6.07, 6.45) is 4.11. The maximum atomic E-state index is 5.66. The Hall–Kier alpha value is 0.600. The van der Waals surface area contributed by atoms with Crippen molar-refractivity contribution in [3.63, 3.8) is 0 Å². The summed E-state index contributed by atoms with van der Waals surface area (Å²) in [6, 6.07) is 8.99. The van der Waals surface area contributed by atoms with Gasteiger partial charge in [-0.3, -0.25) is 9.80 Å². The minimum absolute atomic E-state index is 0. The largest absolute Gasteiger partial charge is 0.412 e. The molecule has 0 aliphatic heterocycles. The predicted octanol–water partition coefficient (Wildman–Crippen LogP) is 0.743. The number of nitrogens with zero attached hydrogens (tertiary/aromatic N) is 2. The third-order valence-electron chi connectivity index (χ3n) is 4.55. The molecule has 1 aromatic rings. The van der Waals surface area contributed by atoms with Gasteiger partial charge in [0, 0.05) is 13.1 Å². The van der Waals surface area contributed by atoms with Crippen LogP contribution in [0.2, 0.25) is 0 Å². The topological polar surface area (TPSA) is 205 Å².